The molecule has 2 aromatic heterocycles. The molecule has 9 heteroatoms. The van der Waals surface area contributed by atoms with E-state index in [1.165, 1.54) is 0 Å². The highest BCUT2D eigenvalue weighted by atomic mass is 16.5. The Morgan fingerprint density at radius 1 is 1.09 bits per heavy atom. The molecular formula is C24H30N6O3. The Bertz CT molecular complexity index is 1170. The Kier molecular flexibility index (Phi) is 6.13. The van der Waals surface area contributed by atoms with Crippen LogP contribution < -0.4 is 20.5 Å². The fourth-order valence-corrected chi connectivity index (χ4v) is 4.73. The van der Waals surface area contributed by atoms with Gasteiger partial charge in [-0.2, -0.15) is 0 Å². The molecule has 0 radical (unpaired) electrons. The lowest BCUT2D eigenvalue weighted by atomic mass is 9.93. The van der Waals surface area contributed by atoms with Crippen molar-refractivity contribution in [2.24, 2.45) is 7.05 Å². The second kappa shape index (κ2) is 9.35. The molecule has 1 saturated heterocycles. The summed E-state index contributed by atoms with van der Waals surface area (Å²) in [6, 6.07) is 6.26. The Morgan fingerprint density at radius 2 is 1.82 bits per heavy atom. The SMILES string of the molecule is Cc1nc2cc(N3CCOCC3)cc(OC3CCC(Nc4ncccn4)CC3)c2n(C)c1=O. The average Bonchev–Trinajstić information content (AvgIpc) is 2.85. The number of nitrogens with one attached hydrogen (secondary N) is 1. The van der Waals surface area contributed by atoms with Gasteiger partial charge in [0.2, 0.25) is 5.95 Å². The first kappa shape index (κ1) is 21.6. The smallest absolute Gasteiger partial charge is 0.272 e. The lowest BCUT2D eigenvalue weighted by Gasteiger charge is -2.32. The highest BCUT2D eigenvalue weighted by Gasteiger charge is 2.25. The van der Waals surface area contributed by atoms with Crippen LogP contribution in [0.1, 0.15) is 31.4 Å². The maximum Gasteiger partial charge on any atom is 0.272 e. The number of hydrogen-bond donors (Lipinski definition) is 1. The van der Waals surface area contributed by atoms with Gasteiger partial charge in [0.15, 0.2) is 0 Å². The Labute approximate surface area is 192 Å². The molecule has 1 saturated carbocycles. The van der Waals surface area contributed by atoms with E-state index in [0.29, 0.717) is 30.9 Å². The predicted molar refractivity (Wildman–Crippen MR) is 127 cm³/mol. The lowest BCUT2D eigenvalue weighted by Crippen LogP contribution is -2.36. The average molecular weight is 451 g/mol. The zero-order valence-corrected chi connectivity index (χ0v) is 19.2. The third kappa shape index (κ3) is 4.64. The quantitative estimate of drug-likeness (QED) is 0.634. The summed E-state index contributed by atoms with van der Waals surface area (Å²) >= 11 is 0. The summed E-state index contributed by atoms with van der Waals surface area (Å²) in [6.45, 7) is 4.82. The van der Waals surface area contributed by atoms with Gasteiger partial charge >= 0.3 is 0 Å². The molecule has 0 atom stereocenters. The second-order valence-corrected chi connectivity index (χ2v) is 8.78. The monoisotopic (exact) mass is 450 g/mol. The highest BCUT2D eigenvalue weighted by molar-refractivity contribution is 5.86. The Hall–Kier alpha value is -3.20. The van der Waals surface area contributed by atoms with Crippen LogP contribution in [0.3, 0.4) is 0 Å². The number of fused-ring (bicyclic) bond motifs is 1. The Morgan fingerprint density at radius 3 is 2.55 bits per heavy atom. The molecule has 33 heavy (non-hydrogen) atoms. The molecule has 3 aromatic rings. The predicted octanol–water partition coefficient (Wildman–Crippen LogP) is 2.67. The summed E-state index contributed by atoms with van der Waals surface area (Å²) < 4.78 is 13.7. The van der Waals surface area contributed by atoms with Crippen LogP contribution in [-0.2, 0) is 11.8 Å². The molecule has 2 aliphatic rings. The van der Waals surface area contributed by atoms with E-state index in [2.05, 4.69) is 37.3 Å². The minimum atomic E-state index is -0.0951. The molecule has 1 aromatic carbocycles. The summed E-state index contributed by atoms with van der Waals surface area (Å²) in [5, 5.41) is 3.42. The topological polar surface area (TPSA) is 94.4 Å². The molecule has 3 heterocycles. The molecule has 1 aliphatic heterocycles. The van der Waals surface area contributed by atoms with Gasteiger partial charge in [-0.1, -0.05) is 0 Å². The van der Waals surface area contributed by atoms with Gasteiger partial charge in [-0.15, -0.1) is 0 Å². The second-order valence-electron chi connectivity index (χ2n) is 8.78. The van der Waals surface area contributed by atoms with Crippen molar-refractivity contribution >= 4 is 22.7 Å². The first-order valence-electron chi connectivity index (χ1n) is 11.6. The van der Waals surface area contributed by atoms with Crippen molar-refractivity contribution in [2.45, 2.75) is 44.8 Å². The molecule has 174 valence electrons. The van der Waals surface area contributed by atoms with E-state index in [0.717, 1.165) is 61.2 Å². The molecular weight excluding hydrogens is 420 g/mol. The number of anilines is 2. The van der Waals surface area contributed by atoms with Crippen LogP contribution in [0.25, 0.3) is 11.0 Å². The molecule has 1 aliphatic carbocycles. The number of benzene rings is 1. The number of rotatable bonds is 5. The van der Waals surface area contributed by atoms with E-state index in [4.69, 9.17) is 9.47 Å². The minimum Gasteiger partial charge on any atom is -0.488 e. The number of morpholine rings is 1. The van der Waals surface area contributed by atoms with E-state index in [1.807, 2.05) is 6.07 Å². The fraction of sp³-hybridized carbons (Fsp3) is 0.500. The molecule has 9 nitrogen and oxygen atoms in total. The van der Waals surface area contributed by atoms with Gasteiger partial charge in [0.25, 0.3) is 5.56 Å². The van der Waals surface area contributed by atoms with Gasteiger partial charge in [0.1, 0.15) is 17.0 Å². The van der Waals surface area contributed by atoms with Crippen molar-refractivity contribution in [3.8, 4) is 5.75 Å². The van der Waals surface area contributed by atoms with Crippen molar-refractivity contribution in [2.75, 3.05) is 36.5 Å². The maximum atomic E-state index is 12.6. The first-order valence-corrected chi connectivity index (χ1v) is 11.6. The molecule has 5 rings (SSSR count). The van der Waals surface area contributed by atoms with Gasteiger partial charge < -0.3 is 24.3 Å². The van der Waals surface area contributed by atoms with E-state index < -0.39 is 0 Å². The van der Waals surface area contributed by atoms with Crippen molar-refractivity contribution in [1.29, 1.82) is 0 Å². The molecule has 0 unspecified atom stereocenters. The number of nitrogens with zero attached hydrogens (tertiary/aromatic N) is 5. The normalized spacial score (nSPS) is 21.2. The first-order chi connectivity index (χ1) is 16.1. The van der Waals surface area contributed by atoms with Crippen LogP contribution in [0.2, 0.25) is 0 Å². The number of aryl methyl sites for hydroxylation is 2. The summed E-state index contributed by atoms with van der Waals surface area (Å²) in [4.78, 5) is 28.1. The van der Waals surface area contributed by atoms with E-state index in [1.54, 1.807) is 30.9 Å². The zero-order chi connectivity index (χ0) is 22.8. The summed E-state index contributed by atoms with van der Waals surface area (Å²) in [6.07, 6.45) is 7.36. The van der Waals surface area contributed by atoms with Crippen LogP contribution in [-0.4, -0.2) is 58.0 Å². The largest absolute Gasteiger partial charge is 0.488 e. The number of hydrogen-bond acceptors (Lipinski definition) is 8. The third-order valence-corrected chi connectivity index (χ3v) is 6.52. The van der Waals surface area contributed by atoms with Crippen LogP contribution in [0.4, 0.5) is 11.6 Å². The summed E-state index contributed by atoms with van der Waals surface area (Å²) in [7, 11) is 1.79. The van der Waals surface area contributed by atoms with Crippen molar-refractivity contribution < 1.29 is 9.47 Å². The summed E-state index contributed by atoms with van der Waals surface area (Å²) in [5.74, 6) is 1.39. The van der Waals surface area contributed by atoms with Crippen LogP contribution >= 0.6 is 0 Å². The van der Waals surface area contributed by atoms with Gasteiger partial charge in [0.05, 0.1) is 24.8 Å². The maximum absolute atomic E-state index is 12.6. The van der Waals surface area contributed by atoms with Crippen LogP contribution in [0.5, 0.6) is 5.75 Å². The van der Waals surface area contributed by atoms with Gasteiger partial charge in [-0.05, 0) is 44.7 Å². The summed E-state index contributed by atoms with van der Waals surface area (Å²) in [5.41, 5.74) is 2.99. The highest BCUT2D eigenvalue weighted by Crippen LogP contribution is 2.33. The number of ether oxygens (including phenoxy) is 2. The molecule has 0 spiro atoms. The minimum absolute atomic E-state index is 0.0827. The van der Waals surface area contributed by atoms with E-state index in [9.17, 15) is 4.79 Å². The third-order valence-electron chi connectivity index (χ3n) is 6.52. The standard InChI is InChI=1S/C24H30N6O3/c1-16-23(31)29(2)22-20(27-16)14-18(30-10-12-32-13-11-30)15-21(22)33-19-6-4-17(5-7-19)28-24-25-8-3-9-26-24/h3,8-9,14-15,17,19H,4-7,10-13H2,1-2H3,(H,25,26,28). The van der Waals surface area contributed by atoms with Crippen LogP contribution in [0, 0.1) is 6.92 Å². The fourth-order valence-electron chi connectivity index (χ4n) is 4.73. The molecule has 0 amide bonds. The van der Waals surface area contributed by atoms with Gasteiger partial charge in [0, 0.05) is 50.3 Å². The molecule has 2 fully saturated rings. The van der Waals surface area contributed by atoms with Gasteiger partial charge in [-0.3, -0.25) is 4.79 Å². The van der Waals surface area contributed by atoms with Crippen molar-refractivity contribution in [3.05, 3.63) is 46.6 Å². The van der Waals surface area contributed by atoms with Crippen LogP contribution in [0.15, 0.2) is 35.4 Å². The molecule has 0 bridgehead atoms. The van der Waals surface area contributed by atoms with Crippen molar-refractivity contribution in [1.82, 2.24) is 19.5 Å². The van der Waals surface area contributed by atoms with Gasteiger partial charge in [-0.25, -0.2) is 15.0 Å². The molecule has 1 N–H and O–H groups in total. The number of aromatic nitrogens is 4. The lowest BCUT2D eigenvalue weighted by molar-refractivity contribution is 0.122. The zero-order valence-electron chi connectivity index (χ0n) is 19.2. The Balaban J connectivity index is 1.38. The van der Waals surface area contributed by atoms with E-state index in [-0.39, 0.29) is 11.7 Å². The van der Waals surface area contributed by atoms with E-state index >= 15 is 0 Å². The van der Waals surface area contributed by atoms with Crippen molar-refractivity contribution in [3.63, 3.8) is 0 Å².